The van der Waals surface area contributed by atoms with Crippen molar-refractivity contribution in [2.24, 2.45) is 5.73 Å². The van der Waals surface area contributed by atoms with Gasteiger partial charge in [0.05, 0.1) is 18.9 Å². The summed E-state index contributed by atoms with van der Waals surface area (Å²) < 4.78 is 19.1. The molecule has 16 heavy (non-hydrogen) atoms. The van der Waals surface area contributed by atoms with E-state index in [9.17, 15) is 4.39 Å². The van der Waals surface area contributed by atoms with Gasteiger partial charge in [-0.2, -0.15) is 0 Å². The Labute approximate surface area is 95.0 Å². The van der Waals surface area contributed by atoms with Crippen LogP contribution < -0.4 is 10.6 Å². The van der Waals surface area contributed by atoms with Crippen molar-refractivity contribution in [2.45, 2.75) is 13.0 Å². The highest BCUT2D eigenvalue weighted by Gasteiger charge is 2.15. The molecule has 0 amide bonds. The Bertz CT molecular complexity index is 362. The van der Waals surface area contributed by atoms with E-state index in [1.54, 1.807) is 6.07 Å². The third-order valence-electron chi connectivity index (χ3n) is 2.85. The first kappa shape index (κ1) is 11.4. The van der Waals surface area contributed by atoms with E-state index in [2.05, 4.69) is 0 Å². The van der Waals surface area contributed by atoms with E-state index in [0.29, 0.717) is 18.9 Å². The van der Waals surface area contributed by atoms with Gasteiger partial charge in [0.15, 0.2) is 0 Å². The minimum atomic E-state index is -0.197. The first-order valence-corrected chi connectivity index (χ1v) is 5.56. The van der Waals surface area contributed by atoms with Crippen LogP contribution in [0.15, 0.2) is 18.2 Å². The van der Waals surface area contributed by atoms with E-state index in [-0.39, 0.29) is 11.9 Å². The standard InChI is InChI=1S/C12H17FN2O/c1-9(14)10-2-3-12(11(13)8-10)15-4-6-16-7-5-15/h2-3,8-9H,4-7,14H2,1H3/t9-/m1/s1. The minimum absolute atomic E-state index is 0.131. The summed E-state index contributed by atoms with van der Waals surface area (Å²) in [5, 5.41) is 0. The number of halogens is 1. The van der Waals surface area contributed by atoms with Gasteiger partial charge in [0.1, 0.15) is 5.82 Å². The average molecular weight is 224 g/mol. The van der Waals surface area contributed by atoms with Gasteiger partial charge in [0, 0.05) is 19.1 Å². The fourth-order valence-electron chi connectivity index (χ4n) is 1.87. The molecule has 4 heteroatoms. The molecule has 0 aromatic heterocycles. The van der Waals surface area contributed by atoms with Crippen LogP contribution in [0.4, 0.5) is 10.1 Å². The molecule has 1 aliphatic rings. The molecule has 2 rings (SSSR count). The van der Waals surface area contributed by atoms with Crippen LogP contribution >= 0.6 is 0 Å². The molecule has 0 spiro atoms. The topological polar surface area (TPSA) is 38.5 Å². The molecular weight excluding hydrogens is 207 g/mol. The fraction of sp³-hybridized carbons (Fsp3) is 0.500. The first-order chi connectivity index (χ1) is 7.68. The van der Waals surface area contributed by atoms with Crippen molar-refractivity contribution in [1.29, 1.82) is 0 Å². The van der Waals surface area contributed by atoms with Crippen LogP contribution in [0.1, 0.15) is 18.5 Å². The number of anilines is 1. The summed E-state index contributed by atoms with van der Waals surface area (Å²) in [6, 6.07) is 5.08. The van der Waals surface area contributed by atoms with E-state index >= 15 is 0 Å². The Morgan fingerprint density at radius 2 is 2.06 bits per heavy atom. The van der Waals surface area contributed by atoms with Gasteiger partial charge in [-0.15, -0.1) is 0 Å². The van der Waals surface area contributed by atoms with Crippen molar-refractivity contribution in [3.63, 3.8) is 0 Å². The number of rotatable bonds is 2. The van der Waals surface area contributed by atoms with Crippen LogP contribution in [0.2, 0.25) is 0 Å². The lowest BCUT2D eigenvalue weighted by Gasteiger charge is -2.29. The summed E-state index contributed by atoms with van der Waals surface area (Å²) in [5.41, 5.74) is 7.19. The number of hydrogen-bond donors (Lipinski definition) is 1. The summed E-state index contributed by atoms with van der Waals surface area (Å²) in [7, 11) is 0. The lowest BCUT2D eigenvalue weighted by molar-refractivity contribution is 0.122. The minimum Gasteiger partial charge on any atom is -0.378 e. The molecule has 1 fully saturated rings. The Morgan fingerprint density at radius 1 is 1.38 bits per heavy atom. The van der Waals surface area contributed by atoms with Crippen molar-refractivity contribution in [3.05, 3.63) is 29.6 Å². The maximum atomic E-state index is 13.9. The monoisotopic (exact) mass is 224 g/mol. The summed E-state index contributed by atoms with van der Waals surface area (Å²) in [6.07, 6.45) is 0. The van der Waals surface area contributed by atoms with Crippen molar-refractivity contribution in [3.8, 4) is 0 Å². The molecule has 1 aromatic carbocycles. The maximum Gasteiger partial charge on any atom is 0.146 e. The Morgan fingerprint density at radius 3 is 2.62 bits per heavy atom. The predicted octanol–water partition coefficient (Wildman–Crippen LogP) is 1.68. The van der Waals surface area contributed by atoms with E-state index in [0.717, 1.165) is 18.7 Å². The third-order valence-corrected chi connectivity index (χ3v) is 2.85. The van der Waals surface area contributed by atoms with Crippen LogP contribution in [0.25, 0.3) is 0 Å². The predicted molar refractivity (Wildman–Crippen MR) is 62.0 cm³/mol. The molecule has 1 atom stereocenters. The number of nitrogens with two attached hydrogens (primary N) is 1. The van der Waals surface area contributed by atoms with Gasteiger partial charge >= 0.3 is 0 Å². The van der Waals surface area contributed by atoms with Gasteiger partial charge in [-0.05, 0) is 24.6 Å². The summed E-state index contributed by atoms with van der Waals surface area (Å²) >= 11 is 0. The highest BCUT2D eigenvalue weighted by molar-refractivity contribution is 5.49. The first-order valence-electron chi connectivity index (χ1n) is 5.56. The molecular formula is C12H17FN2O. The molecule has 88 valence electrons. The molecule has 0 aliphatic carbocycles. The number of ether oxygens (including phenoxy) is 1. The van der Waals surface area contributed by atoms with Crippen molar-refractivity contribution in [2.75, 3.05) is 31.2 Å². The number of benzene rings is 1. The molecule has 0 saturated carbocycles. The van der Waals surface area contributed by atoms with E-state index < -0.39 is 0 Å². The molecule has 3 nitrogen and oxygen atoms in total. The lowest BCUT2D eigenvalue weighted by Crippen LogP contribution is -2.36. The van der Waals surface area contributed by atoms with Crippen molar-refractivity contribution < 1.29 is 9.13 Å². The van der Waals surface area contributed by atoms with Gasteiger partial charge < -0.3 is 15.4 Å². The Balaban J connectivity index is 2.21. The van der Waals surface area contributed by atoms with Gasteiger partial charge in [-0.25, -0.2) is 4.39 Å². The third kappa shape index (κ3) is 2.33. The largest absolute Gasteiger partial charge is 0.378 e. The van der Waals surface area contributed by atoms with E-state index in [4.69, 9.17) is 10.5 Å². The van der Waals surface area contributed by atoms with Crippen LogP contribution in [0.5, 0.6) is 0 Å². The zero-order valence-corrected chi connectivity index (χ0v) is 9.45. The summed E-state index contributed by atoms with van der Waals surface area (Å²) in [4.78, 5) is 2.00. The van der Waals surface area contributed by atoms with Gasteiger partial charge in [0.25, 0.3) is 0 Å². The second-order valence-electron chi connectivity index (χ2n) is 4.10. The zero-order valence-electron chi connectivity index (χ0n) is 9.45. The fourth-order valence-corrected chi connectivity index (χ4v) is 1.87. The number of morpholine rings is 1. The highest BCUT2D eigenvalue weighted by atomic mass is 19.1. The highest BCUT2D eigenvalue weighted by Crippen LogP contribution is 2.23. The normalized spacial score (nSPS) is 18.6. The quantitative estimate of drug-likeness (QED) is 0.830. The summed E-state index contributed by atoms with van der Waals surface area (Å²) in [6.45, 7) is 4.66. The lowest BCUT2D eigenvalue weighted by atomic mass is 10.1. The molecule has 2 N–H and O–H groups in total. The summed E-state index contributed by atoms with van der Waals surface area (Å²) in [5.74, 6) is -0.197. The van der Waals surface area contributed by atoms with Gasteiger partial charge in [-0.3, -0.25) is 0 Å². The molecule has 1 saturated heterocycles. The SMILES string of the molecule is C[C@@H](N)c1ccc(N2CCOCC2)c(F)c1. The average Bonchev–Trinajstić information content (AvgIpc) is 2.30. The van der Waals surface area contributed by atoms with Crippen LogP contribution in [0, 0.1) is 5.82 Å². The molecule has 1 aliphatic heterocycles. The molecule has 0 bridgehead atoms. The molecule has 1 heterocycles. The molecule has 0 unspecified atom stereocenters. The van der Waals surface area contributed by atoms with Crippen LogP contribution in [-0.2, 0) is 4.74 Å². The molecule has 0 radical (unpaired) electrons. The van der Waals surface area contributed by atoms with E-state index in [1.165, 1.54) is 6.07 Å². The van der Waals surface area contributed by atoms with Crippen molar-refractivity contribution >= 4 is 5.69 Å². The Kier molecular flexibility index (Phi) is 3.41. The second-order valence-corrected chi connectivity index (χ2v) is 4.10. The number of nitrogens with zero attached hydrogens (tertiary/aromatic N) is 1. The zero-order chi connectivity index (χ0) is 11.5. The van der Waals surface area contributed by atoms with Gasteiger partial charge in [0.2, 0.25) is 0 Å². The molecule has 1 aromatic rings. The van der Waals surface area contributed by atoms with Gasteiger partial charge in [-0.1, -0.05) is 6.07 Å². The second kappa shape index (κ2) is 4.80. The van der Waals surface area contributed by atoms with Crippen LogP contribution in [0.3, 0.4) is 0 Å². The Hall–Kier alpha value is -1.13. The number of hydrogen-bond acceptors (Lipinski definition) is 3. The smallest absolute Gasteiger partial charge is 0.146 e. The maximum absolute atomic E-state index is 13.9. The van der Waals surface area contributed by atoms with E-state index in [1.807, 2.05) is 17.9 Å². The van der Waals surface area contributed by atoms with Crippen LogP contribution in [-0.4, -0.2) is 26.3 Å². The van der Waals surface area contributed by atoms with Crippen molar-refractivity contribution in [1.82, 2.24) is 0 Å².